The zero-order chi connectivity index (χ0) is 14.7. The molecule has 0 unspecified atom stereocenters. The van der Waals surface area contributed by atoms with Gasteiger partial charge < -0.3 is 5.73 Å². The maximum absolute atomic E-state index is 5.83. The molecule has 0 saturated carbocycles. The van der Waals surface area contributed by atoms with E-state index in [9.17, 15) is 0 Å². The van der Waals surface area contributed by atoms with E-state index in [4.69, 9.17) is 10.6 Å². The van der Waals surface area contributed by atoms with Crippen LogP contribution in [0.4, 0.5) is 17.3 Å². The Hall–Kier alpha value is -2.73. The molecule has 0 bridgehead atoms. The van der Waals surface area contributed by atoms with Crippen LogP contribution < -0.4 is 10.8 Å². The summed E-state index contributed by atoms with van der Waals surface area (Å²) in [4.78, 5) is 18.7. The van der Waals surface area contributed by atoms with Crippen LogP contribution in [-0.4, -0.2) is 21.6 Å². The van der Waals surface area contributed by atoms with Crippen LogP contribution in [0.5, 0.6) is 0 Å². The second-order valence-electron chi connectivity index (χ2n) is 4.38. The maximum Gasteiger partial charge on any atom is 0.255 e. The van der Waals surface area contributed by atoms with Gasteiger partial charge in [-0.15, -0.1) is 0 Å². The zero-order valence-electron chi connectivity index (χ0n) is 11.6. The first-order valence-corrected chi connectivity index (χ1v) is 6.64. The third kappa shape index (κ3) is 2.75. The molecule has 0 aliphatic heterocycles. The Morgan fingerprint density at radius 1 is 1.14 bits per heavy atom. The predicted octanol–water partition coefficient (Wildman–Crippen LogP) is 2.70. The molecule has 1 aromatic carbocycles. The topological polar surface area (TPSA) is 77.2 Å². The van der Waals surface area contributed by atoms with Crippen molar-refractivity contribution in [2.75, 3.05) is 17.4 Å². The van der Waals surface area contributed by atoms with Crippen LogP contribution >= 0.6 is 0 Å². The molecule has 0 radical (unpaired) electrons. The van der Waals surface area contributed by atoms with Crippen LogP contribution in [0.3, 0.4) is 0 Å². The average Bonchev–Trinajstić information content (AvgIpc) is 2.52. The maximum atomic E-state index is 5.83. The van der Waals surface area contributed by atoms with Gasteiger partial charge in [-0.3, -0.25) is 9.82 Å². The molecule has 3 rings (SSSR count). The predicted molar refractivity (Wildman–Crippen MR) is 82.0 cm³/mol. The molecule has 2 aromatic heterocycles. The van der Waals surface area contributed by atoms with Crippen molar-refractivity contribution in [3.05, 3.63) is 48.8 Å². The first-order valence-electron chi connectivity index (χ1n) is 6.64. The summed E-state index contributed by atoms with van der Waals surface area (Å²) >= 11 is 0. The molecule has 2 heterocycles. The van der Waals surface area contributed by atoms with Crippen LogP contribution in [0.15, 0.2) is 48.8 Å². The number of benzene rings is 1. The van der Waals surface area contributed by atoms with E-state index in [0.29, 0.717) is 18.2 Å². The fraction of sp³-hybridized carbons (Fsp3) is 0.133. The Labute approximate surface area is 122 Å². The van der Waals surface area contributed by atoms with Crippen LogP contribution in [0.25, 0.3) is 11.0 Å². The highest BCUT2D eigenvalue weighted by atomic mass is 16.7. The highest BCUT2D eigenvalue weighted by Gasteiger charge is 2.14. The Balaban J connectivity index is 2.06. The van der Waals surface area contributed by atoms with Gasteiger partial charge >= 0.3 is 0 Å². The van der Waals surface area contributed by atoms with E-state index in [1.165, 1.54) is 0 Å². The summed E-state index contributed by atoms with van der Waals surface area (Å²) in [6, 6.07) is 11.1. The first-order chi connectivity index (χ1) is 10.3. The number of aromatic nitrogens is 3. The van der Waals surface area contributed by atoms with Crippen molar-refractivity contribution in [3.63, 3.8) is 0 Å². The molecule has 0 aliphatic carbocycles. The SMILES string of the molecule is CCON(c1cccc(N)c1)c1ncc2ncccc2n1. The summed E-state index contributed by atoms with van der Waals surface area (Å²) in [6.07, 6.45) is 3.39. The van der Waals surface area contributed by atoms with Crippen molar-refractivity contribution >= 4 is 28.4 Å². The minimum Gasteiger partial charge on any atom is -0.399 e. The second-order valence-corrected chi connectivity index (χ2v) is 4.38. The summed E-state index contributed by atoms with van der Waals surface area (Å²) < 4.78 is 0. The molecular formula is C15H15N5O. The highest BCUT2D eigenvalue weighted by Crippen LogP contribution is 2.25. The van der Waals surface area contributed by atoms with Gasteiger partial charge in [0.15, 0.2) is 0 Å². The Kier molecular flexibility index (Phi) is 3.61. The van der Waals surface area contributed by atoms with E-state index in [1.54, 1.807) is 17.5 Å². The van der Waals surface area contributed by atoms with E-state index in [2.05, 4.69) is 15.0 Å². The molecule has 2 N–H and O–H groups in total. The van der Waals surface area contributed by atoms with E-state index < -0.39 is 0 Å². The third-order valence-corrected chi connectivity index (χ3v) is 2.88. The zero-order valence-corrected chi connectivity index (χ0v) is 11.6. The quantitative estimate of drug-likeness (QED) is 0.585. The smallest absolute Gasteiger partial charge is 0.255 e. The number of hydrogen-bond donors (Lipinski definition) is 1. The number of nitrogens with zero attached hydrogens (tertiary/aromatic N) is 4. The van der Waals surface area contributed by atoms with Crippen LogP contribution in [0.2, 0.25) is 0 Å². The van der Waals surface area contributed by atoms with Gasteiger partial charge in [0.05, 0.1) is 24.0 Å². The molecule has 3 aromatic rings. The van der Waals surface area contributed by atoms with Crippen molar-refractivity contribution in [1.82, 2.24) is 15.0 Å². The summed E-state index contributed by atoms with van der Waals surface area (Å²) in [7, 11) is 0. The fourth-order valence-corrected chi connectivity index (χ4v) is 1.98. The van der Waals surface area contributed by atoms with Gasteiger partial charge in [-0.2, -0.15) is 5.06 Å². The molecule has 0 aliphatic rings. The standard InChI is InChI=1S/C15H15N5O/c1-2-21-20(12-6-3-5-11(16)9-12)15-18-10-14-13(19-15)7-4-8-17-14/h3-10H,2,16H2,1H3. The van der Waals surface area contributed by atoms with Crippen molar-refractivity contribution in [1.29, 1.82) is 0 Å². The molecule has 0 fully saturated rings. The lowest BCUT2D eigenvalue weighted by molar-refractivity contribution is 0.146. The number of rotatable bonds is 4. The number of pyridine rings is 1. The molecule has 6 nitrogen and oxygen atoms in total. The van der Waals surface area contributed by atoms with Crippen LogP contribution in [0.1, 0.15) is 6.92 Å². The molecule has 21 heavy (non-hydrogen) atoms. The van der Waals surface area contributed by atoms with E-state index in [0.717, 1.165) is 16.7 Å². The highest BCUT2D eigenvalue weighted by molar-refractivity contribution is 5.74. The third-order valence-electron chi connectivity index (χ3n) is 2.88. The molecule has 0 spiro atoms. The average molecular weight is 281 g/mol. The van der Waals surface area contributed by atoms with Gasteiger partial charge in [-0.25, -0.2) is 9.97 Å². The number of hydrogen-bond acceptors (Lipinski definition) is 6. The van der Waals surface area contributed by atoms with Gasteiger partial charge in [0.1, 0.15) is 5.52 Å². The number of anilines is 3. The van der Waals surface area contributed by atoms with Crippen molar-refractivity contribution < 1.29 is 4.84 Å². The molecule has 0 amide bonds. The van der Waals surface area contributed by atoms with Crippen molar-refractivity contribution in [3.8, 4) is 0 Å². The summed E-state index contributed by atoms with van der Waals surface area (Å²) in [5.41, 5.74) is 8.76. The number of nitrogen functional groups attached to an aromatic ring is 1. The molecule has 106 valence electrons. The van der Waals surface area contributed by atoms with E-state index in [-0.39, 0.29) is 0 Å². The van der Waals surface area contributed by atoms with Gasteiger partial charge in [0.2, 0.25) is 0 Å². The molecular weight excluding hydrogens is 266 g/mol. The monoisotopic (exact) mass is 281 g/mol. The fourth-order valence-electron chi connectivity index (χ4n) is 1.98. The molecule has 6 heteroatoms. The Morgan fingerprint density at radius 3 is 2.86 bits per heavy atom. The van der Waals surface area contributed by atoms with Gasteiger partial charge in [-0.1, -0.05) is 6.07 Å². The van der Waals surface area contributed by atoms with Crippen molar-refractivity contribution in [2.24, 2.45) is 0 Å². The molecule has 0 atom stereocenters. The summed E-state index contributed by atoms with van der Waals surface area (Å²) in [6.45, 7) is 2.39. The minimum atomic E-state index is 0.447. The van der Waals surface area contributed by atoms with Crippen LogP contribution in [-0.2, 0) is 4.84 Å². The second kappa shape index (κ2) is 5.72. The lowest BCUT2D eigenvalue weighted by atomic mass is 10.3. The van der Waals surface area contributed by atoms with Crippen LogP contribution in [0, 0.1) is 0 Å². The van der Waals surface area contributed by atoms with Crippen molar-refractivity contribution in [2.45, 2.75) is 6.92 Å². The lowest BCUT2D eigenvalue weighted by Gasteiger charge is -2.21. The first kappa shape index (κ1) is 13.3. The number of nitrogens with two attached hydrogens (primary N) is 1. The van der Waals surface area contributed by atoms with Gasteiger partial charge in [-0.05, 0) is 37.3 Å². The van der Waals surface area contributed by atoms with Gasteiger partial charge in [0, 0.05) is 11.9 Å². The largest absolute Gasteiger partial charge is 0.399 e. The van der Waals surface area contributed by atoms with E-state index in [1.807, 2.05) is 43.3 Å². The summed E-state index contributed by atoms with van der Waals surface area (Å²) in [5, 5.41) is 1.57. The normalized spacial score (nSPS) is 10.7. The number of fused-ring (bicyclic) bond motifs is 1. The summed E-state index contributed by atoms with van der Waals surface area (Å²) in [5.74, 6) is 0.447. The Bertz CT molecular complexity index is 762. The van der Waals surface area contributed by atoms with Gasteiger partial charge in [0.25, 0.3) is 5.95 Å². The Morgan fingerprint density at radius 2 is 2.05 bits per heavy atom. The lowest BCUT2D eigenvalue weighted by Crippen LogP contribution is -2.20. The molecule has 0 saturated heterocycles. The van der Waals surface area contributed by atoms with E-state index >= 15 is 0 Å². The minimum absolute atomic E-state index is 0.447.